The first-order chi connectivity index (χ1) is 11.2. The van der Waals surface area contributed by atoms with Gasteiger partial charge < -0.3 is 10.4 Å². The van der Waals surface area contributed by atoms with E-state index < -0.39 is 35.4 Å². The van der Waals surface area contributed by atoms with Crippen molar-refractivity contribution in [2.24, 2.45) is 0 Å². The van der Waals surface area contributed by atoms with Gasteiger partial charge in [-0.15, -0.1) is 0 Å². The molecule has 126 valence electrons. The summed E-state index contributed by atoms with van der Waals surface area (Å²) in [6, 6.07) is 5.79. The number of nitrogens with zero attached hydrogens (tertiary/aromatic N) is 2. The number of benzene rings is 1. The van der Waals surface area contributed by atoms with Crippen LogP contribution in [0.15, 0.2) is 24.3 Å². The summed E-state index contributed by atoms with van der Waals surface area (Å²) in [6.07, 6.45) is -1.23. The van der Waals surface area contributed by atoms with E-state index in [-0.39, 0.29) is 24.2 Å². The van der Waals surface area contributed by atoms with E-state index in [4.69, 9.17) is 0 Å². The average molecular weight is 331 g/mol. The average Bonchev–Trinajstić information content (AvgIpc) is 2.87. The number of aliphatic hydroxyl groups is 1. The van der Waals surface area contributed by atoms with E-state index in [1.807, 2.05) is 0 Å². The molecule has 0 aromatic heterocycles. The zero-order chi connectivity index (χ0) is 17.6. The van der Waals surface area contributed by atoms with Crippen LogP contribution in [0.2, 0.25) is 0 Å². The van der Waals surface area contributed by atoms with Crippen LogP contribution >= 0.6 is 0 Å². The number of hydrogen-bond acceptors (Lipinski definition) is 5. The van der Waals surface area contributed by atoms with E-state index in [1.165, 1.54) is 0 Å². The standard InChI is InChI=1S/C16H17N3O5/c1-16(2)14(23)19(15(24)17-16)8-9(20)7-18-12(21)10-5-3-4-6-11(10)13(18)22/h3-6,9,20H,7-8H2,1-2H3,(H,17,24)/t9-/m0/s1. The zero-order valence-corrected chi connectivity index (χ0v) is 13.3. The molecule has 0 spiro atoms. The van der Waals surface area contributed by atoms with E-state index >= 15 is 0 Å². The third-order valence-electron chi connectivity index (χ3n) is 4.11. The van der Waals surface area contributed by atoms with Crippen LogP contribution in [0, 0.1) is 0 Å². The topological polar surface area (TPSA) is 107 Å². The first-order valence-corrected chi connectivity index (χ1v) is 7.50. The molecule has 1 aromatic rings. The fraction of sp³-hybridized carbons (Fsp3) is 0.375. The summed E-state index contributed by atoms with van der Waals surface area (Å²) in [5.41, 5.74) is -0.469. The monoisotopic (exact) mass is 331 g/mol. The van der Waals surface area contributed by atoms with Crippen LogP contribution < -0.4 is 5.32 Å². The molecule has 0 bridgehead atoms. The summed E-state index contributed by atoms with van der Waals surface area (Å²) >= 11 is 0. The lowest BCUT2D eigenvalue weighted by Crippen LogP contribution is -2.45. The predicted molar refractivity (Wildman–Crippen MR) is 82.1 cm³/mol. The molecule has 2 aliphatic rings. The Hall–Kier alpha value is -2.74. The number of β-amino-alcohol motifs (C(OH)–C–C–N with tert-alkyl or cyclic N) is 1. The summed E-state index contributed by atoms with van der Waals surface area (Å²) in [6.45, 7) is 2.54. The summed E-state index contributed by atoms with van der Waals surface area (Å²) in [7, 11) is 0. The van der Waals surface area contributed by atoms with Crippen molar-refractivity contribution in [1.29, 1.82) is 0 Å². The molecule has 2 heterocycles. The minimum atomic E-state index is -1.23. The van der Waals surface area contributed by atoms with Crippen LogP contribution in [0.5, 0.6) is 0 Å². The molecule has 1 aromatic carbocycles. The van der Waals surface area contributed by atoms with Gasteiger partial charge in [-0.2, -0.15) is 0 Å². The summed E-state index contributed by atoms with van der Waals surface area (Å²) < 4.78 is 0. The van der Waals surface area contributed by atoms with Crippen molar-refractivity contribution >= 4 is 23.8 Å². The number of carbonyl (C=O) groups is 4. The maximum absolute atomic E-state index is 12.2. The van der Waals surface area contributed by atoms with Gasteiger partial charge in [0.05, 0.1) is 30.3 Å². The SMILES string of the molecule is CC1(C)NC(=O)N(C[C@@H](O)CN2C(=O)c3ccccc3C2=O)C1=O. The highest BCUT2D eigenvalue weighted by atomic mass is 16.3. The van der Waals surface area contributed by atoms with Gasteiger partial charge in [0.2, 0.25) is 0 Å². The number of rotatable bonds is 4. The zero-order valence-electron chi connectivity index (χ0n) is 13.3. The molecular weight excluding hydrogens is 314 g/mol. The van der Waals surface area contributed by atoms with Crippen molar-refractivity contribution in [3.8, 4) is 0 Å². The lowest BCUT2D eigenvalue weighted by atomic mass is 10.1. The van der Waals surface area contributed by atoms with E-state index in [9.17, 15) is 24.3 Å². The van der Waals surface area contributed by atoms with Gasteiger partial charge in [0.25, 0.3) is 17.7 Å². The van der Waals surface area contributed by atoms with Crippen LogP contribution in [0.3, 0.4) is 0 Å². The van der Waals surface area contributed by atoms with Crippen LogP contribution in [-0.4, -0.2) is 63.4 Å². The van der Waals surface area contributed by atoms with Crippen molar-refractivity contribution < 1.29 is 24.3 Å². The third kappa shape index (κ3) is 2.44. The Kier molecular flexibility index (Phi) is 3.64. The first kappa shape index (κ1) is 16.1. The second-order valence-corrected chi connectivity index (χ2v) is 6.39. The van der Waals surface area contributed by atoms with Crippen molar-refractivity contribution in [3.63, 3.8) is 0 Å². The number of fused-ring (bicyclic) bond motifs is 1. The highest BCUT2D eigenvalue weighted by molar-refractivity contribution is 6.21. The smallest absolute Gasteiger partial charge is 0.325 e. The molecule has 2 N–H and O–H groups in total. The molecular formula is C16H17N3O5. The fourth-order valence-corrected chi connectivity index (χ4v) is 2.87. The molecule has 5 amide bonds. The highest BCUT2D eigenvalue weighted by Gasteiger charge is 2.45. The second-order valence-electron chi connectivity index (χ2n) is 6.39. The lowest BCUT2D eigenvalue weighted by molar-refractivity contribution is -0.131. The van der Waals surface area contributed by atoms with E-state index in [0.29, 0.717) is 0 Å². The van der Waals surface area contributed by atoms with Crippen molar-refractivity contribution in [2.75, 3.05) is 13.1 Å². The van der Waals surface area contributed by atoms with Crippen molar-refractivity contribution in [1.82, 2.24) is 15.1 Å². The molecule has 1 fully saturated rings. The molecule has 0 saturated carbocycles. The van der Waals surface area contributed by atoms with Crippen LogP contribution in [0.4, 0.5) is 4.79 Å². The molecule has 8 heteroatoms. The number of amides is 5. The molecule has 0 aliphatic carbocycles. The normalized spacial score (nSPS) is 20.5. The number of hydrogen-bond donors (Lipinski definition) is 2. The number of nitrogens with one attached hydrogen (secondary N) is 1. The van der Waals surface area contributed by atoms with Gasteiger partial charge in [0, 0.05) is 0 Å². The highest BCUT2D eigenvalue weighted by Crippen LogP contribution is 2.23. The van der Waals surface area contributed by atoms with Crippen molar-refractivity contribution in [2.45, 2.75) is 25.5 Å². The Morgan fingerprint density at radius 3 is 1.96 bits per heavy atom. The Morgan fingerprint density at radius 1 is 1.00 bits per heavy atom. The van der Waals surface area contributed by atoms with Gasteiger partial charge in [-0.05, 0) is 26.0 Å². The Labute approximate surface area is 138 Å². The van der Waals surface area contributed by atoms with Crippen LogP contribution in [0.25, 0.3) is 0 Å². The molecule has 0 radical (unpaired) electrons. The molecule has 24 heavy (non-hydrogen) atoms. The summed E-state index contributed by atoms with van der Waals surface area (Å²) in [5.74, 6) is -1.45. The van der Waals surface area contributed by atoms with Crippen LogP contribution in [0.1, 0.15) is 34.6 Å². The largest absolute Gasteiger partial charge is 0.389 e. The minimum Gasteiger partial charge on any atom is -0.389 e. The quantitative estimate of drug-likeness (QED) is 0.595. The van der Waals surface area contributed by atoms with Gasteiger partial charge >= 0.3 is 6.03 Å². The molecule has 2 aliphatic heterocycles. The van der Waals surface area contributed by atoms with Gasteiger partial charge in [-0.3, -0.25) is 24.2 Å². The molecule has 8 nitrogen and oxygen atoms in total. The predicted octanol–water partition coefficient (Wildman–Crippen LogP) is -0.0261. The van der Waals surface area contributed by atoms with Crippen LogP contribution in [-0.2, 0) is 4.79 Å². The lowest BCUT2D eigenvalue weighted by Gasteiger charge is -2.22. The summed E-state index contributed by atoms with van der Waals surface area (Å²) in [4.78, 5) is 50.2. The van der Waals surface area contributed by atoms with E-state index in [0.717, 1.165) is 9.80 Å². The number of carbonyl (C=O) groups excluding carboxylic acids is 4. The molecule has 0 unspecified atom stereocenters. The summed E-state index contributed by atoms with van der Waals surface area (Å²) in [5, 5.41) is 12.7. The fourth-order valence-electron chi connectivity index (χ4n) is 2.87. The van der Waals surface area contributed by atoms with Crippen molar-refractivity contribution in [3.05, 3.63) is 35.4 Å². The number of imide groups is 2. The van der Waals surface area contributed by atoms with E-state index in [1.54, 1.807) is 38.1 Å². The van der Waals surface area contributed by atoms with Gasteiger partial charge in [0.15, 0.2) is 0 Å². The van der Waals surface area contributed by atoms with E-state index in [2.05, 4.69) is 5.32 Å². The molecule has 3 rings (SSSR count). The second kappa shape index (κ2) is 5.41. The number of aliphatic hydroxyl groups excluding tert-OH is 1. The third-order valence-corrected chi connectivity index (χ3v) is 4.11. The van der Waals surface area contributed by atoms with Gasteiger partial charge in [-0.25, -0.2) is 4.79 Å². The van der Waals surface area contributed by atoms with Gasteiger partial charge in [0.1, 0.15) is 5.54 Å². The maximum atomic E-state index is 12.2. The minimum absolute atomic E-state index is 0.283. The Bertz CT molecular complexity index is 723. The Balaban J connectivity index is 1.70. The number of urea groups is 1. The van der Waals surface area contributed by atoms with Gasteiger partial charge in [-0.1, -0.05) is 12.1 Å². The Morgan fingerprint density at radius 2 is 1.50 bits per heavy atom. The molecule has 1 atom stereocenters. The maximum Gasteiger partial charge on any atom is 0.325 e. The molecule has 1 saturated heterocycles. The first-order valence-electron chi connectivity index (χ1n) is 7.50.